The fourth-order valence-electron chi connectivity index (χ4n) is 4.67. The van der Waals surface area contributed by atoms with Crippen molar-refractivity contribution in [2.24, 2.45) is 5.92 Å². The predicted octanol–water partition coefficient (Wildman–Crippen LogP) is 5.18. The molecule has 1 N–H and O–H groups in total. The van der Waals surface area contributed by atoms with Crippen molar-refractivity contribution in [1.82, 2.24) is 0 Å². The first-order chi connectivity index (χ1) is 15.1. The summed E-state index contributed by atoms with van der Waals surface area (Å²) in [5.41, 5.74) is 5.95. The van der Waals surface area contributed by atoms with Gasteiger partial charge in [0, 0.05) is 18.5 Å². The van der Waals surface area contributed by atoms with Crippen LogP contribution in [-0.2, 0) is 22.4 Å². The lowest BCUT2D eigenvalue weighted by Gasteiger charge is -2.14. The van der Waals surface area contributed by atoms with Gasteiger partial charge in [0.05, 0.1) is 19.8 Å². The first-order valence-electron chi connectivity index (χ1n) is 10.9. The second-order valence-electron chi connectivity index (χ2n) is 8.40. The summed E-state index contributed by atoms with van der Waals surface area (Å²) in [5.74, 6) is 0.923. The van der Waals surface area contributed by atoms with Crippen molar-refractivity contribution in [3.63, 3.8) is 0 Å². The van der Waals surface area contributed by atoms with E-state index in [2.05, 4.69) is 23.5 Å². The number of anilines is 1. The Morgan fingerprint density at radius 3 is 2.61 bits per heavy atom. The van der Waals surface area contributed by atoms with E-state index in [4.69, 9.17) is 9.47 Å². The van der Waals surface area contributed by atoms with Gasteiger partial charge in [-0.2, -0.15) is 0 Å². The maximum absolute atomic E-state index is 12.5. The fraction of sp³-hybridized carbons (Fsp3) is 0.385. The average Bonchev–Trinajstić information content (AvgIpc) is 3.43. The largest absolute Gasteiger partial charge is 0.496 e. The van der Waals surface area contributed by atoms with Crippen molar-refractivity contribution < 1.29 is 19.1 Å². The molecule has 0 aromatic heterocycles. The van der Waals surface area contributed by atoms with Gasteiger partial charge in [0.1, 0.15) is 5.75 Å². The molecule has 1 saturated carbocycles. The zero-order valence-corrected chi connectivity index (χ0v) is 18.2. The molecule has 0 atom stereocenters. The molecule has 1 fully saturated rings. The van der Waals surface area contributed by atoms with Gasteiger partial charge in [0.15, 0.2) is 0 Å². The molecule has 0 aliphatic heterocycles. The molecule has 0 saturated heterocycles. The van der Waals surface area contributed by atoms with E-state index in [1.54, 1.807) is 19.2 Å². The number of ether oxygens (including phenoxy) is 2. The van der Waals surface area contributed by atoms with Gasteiger partial charge in [-0.1, -0.05) is 31.1 Å². The highest BCUT2D eigenvalue weighted by atomic mass is 16.5. The van der Waals surface area contributed by atoms with E-state index in [9.17, 15) is 9.59 Å². The van der Waals surface area contributed by atoms with Crippen LogP contribution in [-0.4, -0.2) is 26.1 Å². The van der Waals surface area contributed by atoms with Gasteiger partial charge in [0.2, 0.25) is 5.91 Å². The van der Waals surface area contributed by atoms with E-state index in [-0.39, 0.29) is 11.9 Å². The third-order valence-corrected chi connectivity index (χ3v) is 6.35. The second-order valence-corrected chi connectivity index (χ2v) is 8.40. The molecule has 4 rings (SSSR count). The Hall–Kier alpha value is -3.08. The van der Waals surface area contributed by atoms with Crippen LogP contribution in [0.15, 0.2) is 42.5 Å². The molecule has 2 aliphatic rings. The number of fused-ring (bicyclic) bond motifs is 1. The zero-order chi connectivity index (χ0) is 21.8. The minimum atomic E-state index is -0.381. The third-order valence-electron chi connectivity index (χ3n) is 6.35. The molecule has 0 unspecified atom stereocenters. The number of esters is 1. The van der Waals surface area contributed by atoms with Crippen molar-refractivity contribution in [1.29, 1.82) is 0 Å². The van der Waals surface area contributed by atoms with Gasteiger partial charge in [-0.05, 0) is 71.7 Å². The molecular formula is C26H29NO4. The molecule has 2 aromatic carbocycles. The minimum Gasteiger partial charge on any atom is -0.496 e. The number of benzene rings is 2. The van der Waals surface area contributed by atoms with Gasteiger partial charge in [0.25, 0.3) is 0 Å². The Labute approximate surface area is 183 Å². The summed E-state index contributed by atoms with van der Waals surface area (Å²) >= 11 is 0. The summed E-state index contributed by atoms with van der Waals surface area (Å²) in [6.45, 7) is 0. The van der Waals surface area contributed by atoms with Crippen LogP contribution >= 0.6 is 0 Å². The molecule has 31 heavy (non-hydrogen) atoms. The first-order valence-corrected chi connectivity index (χ1v) is 10.9. The van der Waals surface area contributed by atoms with Crippen molar-refractivity contribution in [2.75, 3.05) is 19.5 Å². The molecule has 0 heterocycles. The zero-order valence-electron chi connectivity index (χ0n) is 18.2. The molecule has 0 bridgehead atoms. The van der Waals surface area contributed by atoms with Gasteiger partial charge in [-0.15, -0.1) is 0 Å². The molecule has 5 heteroatoms. The summed E-state index contributed by atoms with van der Waals surface area (Å²) in [6.07, 6.45) is 9.23. The highest BCUT2D eigenvalue weighted by Gasteiger charge is 2.20. The van der Waals surface area contributed by atoms with E-state index in [0.717, 1.165) is 23.2 Å². The summed E-state index contributed by atoms with van der Waals surface area (Å²) in [5, 5.41) is 3.09. The van der Waals surface area contributed by atoms with E-state index < -0.39 is 0 Å². The van der Waals surface area contributed by atoms with Crippen molar-refractivity contribution >= 4 is 23.1 Å². The smallest absolute Gasteiger partial charge is 0.337 e. The fourth-order valence-corrected chi connectivity index (χ4v) is 4.67. The maximum Gasteiger partial charge on any atom is 0.337 e. The predicted molar refractivity (Wildman–Crippen MR) is 121 cm³/mol. The number of hydrogen-bond acceptors (Lipinski definition) is 4. The number of rotatable bonds is 7. The van der Waals surface area contributed by atoms with Gasteiger partial charge >= 0.3 is 5.97 Å². The quantitative estimate of drug-likeness (QED) is 0.628. The van der Waals surface area contributed by atoms with Crippen LogP contribution in [0.25, 0.3) is 5.57 Å². The Morgan fingerprint density at radius 1 is 1.06 bits per heavy atom. The van der Waals surface area contributed by atoms with Crippen LogP contribution < -0.4 is 10.1 Å². The van der Waals surface area contributed by atoms with Crippen LogP contribution in [0.4, 0.5) is 5.69 Å². The second kappa shape index (κ2) is 9.38. The SMILES string of the molecule is COC(=O)c1ccc(CC2=CCc3ccc(NC(=O)CC4CCCC4)cc32)c(OC)c1. The van der Waals surface area contributed by atoms with Crippen molar-refractivity contribution in [3.8, 4) is 5.75 Å². The number of carbonyl (C=O) groups is 2. The molecule has 1 amide bonds. The highest BCUT2D eigenvalue weighted by Crippen LogP contribution is 2.35. The van der Waals surface area contributed by atoms with E-state index >= 15 is 0 Å². The normalized spacial score (nSPS) is 15.4. The lowest BCUT2D eigenvalue weighted by molar-refractivity contribution is -0.117. The number of methoxy groups -OCH3 is 2. The summed E-state index contributed by atoms with van der Waals surface area (Å²) < 4.78 is 10.3. The summed E-state index contributed by atoms with van der Waals surface area (Å²) in [6, 6.07) is 11.6. The van der Waals surface area contributed by atoms with Crippen molar-refractivity contribution in [2.45, 2.75) is 44.9 Å². The number of hydrogen-bond donors (Lipinski definition) is 1. The van der Waals surface area contributed by atoms with Gasteiger partial charge in [-0.25, -0.2) is 4.79 Å². The van der Waals surface area contributed by atoms with Crippen LogP contribution in [0.1, 0.15) is 59.2 Å². The Kier molecular flexibility index (Phi) is 6.40. The Morgan fingerprint density at radius 2 is 1.87 bits per heavy atom. The minimum absolute atomic E-state index is 0.107. The van der Waals surface area contributed by atoms with E-state index in [1.165, 1.54) is 43.9 Å². The molecule has 2 aromatic rings. The van der Waals surface area contributed by atoms with Crippen LogP contribution in [0.2, 0.25) is 0 Å². The number of allylic oxidation sites excluding steroid dienone is 2. The lowest BCUT2D eigenvalue weighted by atomic mass is 9.97. The van der Waals surface area contributed by atoms with Crippen LogP contribution in [0.5, 0.6) is 5.75 Å². The number of amides is 1. The molecule has 2 aliphatic carbocycles. The van der Waals surface area contributed by atoms with Crippen LogP contribution in [0, 0.1) is 5.92 Å². The van der Waals surface area contributed by atoms with Gasteiger partial charge < -0.3 is 14.8 Å². The van der Waals surface area contributed by atoms with E-state index in [0.29, 0.717) is 30.1 Å². The Balaban J connectivity index is 1.48. The molecule has 0 radical (unpaired) electrons. The first kappa shape index (κ1) is 21.2. The van der Waals surface area contributed by atoms with E-state index in [1.807, 2.05) is 12.1 Å². The molecule has 162 valence electrons. The monoisotopic (exact) mass is 419 g/mol. The standard InChI is InChI=1S/C26H29NO4/c1-30-24-15-21(26(29)31-2)10-9-20(24)14-19-8-7-18-11-12-22(16-23(18)19)27-25(28)13-17-5-3-4-6-17/h8-12,15-17H,3-7,13-14H2,1-2H3,(H,27,28). The third kappa shape index (κ3) is 4.82. The summed E-state index contributed by atoms with van der Waals surface area (Å²) in [7, 11) is 2.97. The average molecular weight is 420 g/mol. The Bertz CT molecular complexity index is 1020. The molecule has 0 spiro atoms. The molecular weight excluding hydrogens is 390 g/mol. The lowest BCUT2D eigenvalue weighted by Crippen LogP contribution is -2.15. The summed E-state index contributed by atoms with van der Waals surface area (Å²) in [4.78, 5) is 24.3. The maximum atomic E-state index is 12.5. The van der Waals surface area contributed by atoms with Crippen molar-refractivity contribution in [3.05, 3.63) is 64.7 Å². The molecule has 5 nitrogen and oxygen atoms in total. The number of carbonyl (C=O) groups excluding carboxylic acids is 2. The van der Waals surface area contributed by atoms with Crippen LogP contribution in [0.3, 0.4) is 0 Å². The highest BCUT2D eigenvalue weighted by molar-refractivity contribution is 5.92. The van der Waals surface area contributed by atoms with Gasteiger partial charge in [-0.3, -0.25) is 4.79 Å². The number of nitrogens with one attached hydrogen (secondary N) is 1. The topological polar surface area (TPSA) is 64.6 Å².